The molecule has 0 radical (unpaired) electrons. The van der Waals surface area contributed by atoms with Gasteiger partial charge in [0.05, 0.1) is 23.2 Å². The molecule has 0 saturated carbocycles. The Morgan fingerprint density at radius 2 is 1.96 bits per heavy atom. The Labute approximate surface area is 153 Å². The number of halogens is 2. The van der Waals surface area contributed by atoms with Gasteiger partial charge in [-0.1, -0.05) is 44.2 Å². The SMILES string of the molecule is CCc1nc(CNC(=O)C(C)C(N)c2ccccc2)cs1.Cl.Cl. The van der Waals surface area contributed by atoms with E-state index in [0.717, 1.165) is 22.7 Å². The van der Waals surface area contributed by atoms with Gasteiger partial charge < -0.3 is 11.1 Å². The summed E-state index contributed by atoms with van der Waals surface area (Å²) in [5.74, 6) is -0.325. The third kappa shape index (κ3) is 6.11. The van der Waals surface area contributed by atoms with Crippen molar-refractivity contribution < 1.29 is 4.79 Å². The van der Waals surface area contributed by atoms with E-state index >= 15 is 0 Å². The smallest absolute Gasteiger partial charge is 0.225 e. The summed E-state index contributed by atoms with van der Waals surface area (Å²) in [4.78, 5) is 16.6. The molecule has 0 aliphatic carbocycles. The molecule has 23 heavy (non-hydrogen) atoms. The summed E-state index contributed by atoms with van der Waals surface area (Å²) in [5, 5.41) is 5.99. The number of benzene rings is 1. The molecule has 128 valence electrons. The standard InChI is InChI=1S/C16H21N3OS.2ClH/c1-3-14-19-13(10-21-14)9-18-16(20)11(2)15(17)12-7-5-4-6-8-12;;/h4-8,10-11,15H,3,9,17H2,1-2H3,(H,18,20);2*1H. The molecule has 1 heterocycles. The second kappa shape index (κ2) is 10.6. The predicted molar refractivity (Wildman–Crippen MR) is 100 cm³/mol. The summed E-state index contributed by atoms with van der Waals surface area (Å²) >= 11 is 1.63. The van der Waals surface area contributed by atoms with Crippen LogP contribution in [0.3, 0.4) is 0 Å². The van der Waals surface area contributed by atoms with Crippen molar-refractivity contribution in [2.75, 3.05) is 0 Å². The zero-order valence-corrected chi connectivity index (χ0v) is 15.6. The van der Waals surface area contributed by atoms with Gasteiger partial charge in [-0.05, 0) is 12.0 Å². The van der Waals surface area contributed by atoms with E-state index in [1.807, 2.05) is 42.6 Å². The van der Waals surface area contributed by atoms with Gasteiger partial charge in [0.25, 0.3) is 0 Å². The topological polar surface area (TPSA) is 68.0 Å². The van der Waals surface area contributed by atoms with E-state index in [0.29, 0.717) is 6.54 Å². The van der Waals surface area contributed by atoms with Crippen molar-refractivity contribution in [2.45, 2.75) is 32.9 Å². The zero-order valence-electron chi connectivity index (χ0n) is 13.2. The summed E-state index contributed by atoms with van der Waals surface area (Å²) in [6, 6.07) is 9.40. The van der Waals surface area contributed by atoms with E-state index in [2.05, 4.69) is 17.2 Å². The van der Waals surface area contributed by atoms with Crippen LogP contribution in [-0.4, -0.2) is 10.9 Å². The summed E-state index contributed by atoms with van der Waals surface area (Å²) in [6.45, 7) is 4.38. The van der Waals surface area contributed by atoms with Crippen molar-refractivity contribution >= 4 is 42.1 Å². The van der Waals surface area contributed by atoms with Crippen LogP contribution in [0.15, 0.2) is 35.7 Å². The summed E-state index contributed by atoms with van der Waals surface area (Å²) < 4.78 is 0. The average Bonchev–Trinajstić information content (AvgIpc) is 3.00. The number of amides is 1. The third-order valence-corrected chi connectivity index (χ3v) is 4.52. The highest BCUT2D eigenvalue weighted by atomic mass is 35.5. The number of nitrogens with zero attached hydrogens (tertiary/aromatic N) is 1. The third-order valence-electron chi connectivity index (χ3n) is 3.48. The quantitative estimate of drug-likeness (QED) is 0.811. The minimum atomic E-state index is -0.298. The average molecular weight is 376 g/mol. The van der Waals surface area contributed by atoms with Crippen molar-refractivity contribution in [3.8, 4) is 0 Å². The number of nitrogens with two attached hydrogens (primary N) is 1. The van der Waals surface area contributed by atoms with E-state index in [9.17, 15) is 4.79 Å². The molecule has 2 rings (SSSR count). The number of hydrogen-bond acceptors (Lipinski definition) is 4. The predicted octanol–water partition coefficient (Wildman–Crippen LogP) is 3.50. The fourth-order valence-electron chi connectivity index (χ4n) is 2.06. The number of aryl methyl sites for hydroxylation is 1. The van der Waals surface area contributed by atoms with Gasteiger partial charge in [-0.3, -0.25) is 4.79 Å². The van der Waals surface area contributed by atoms with Crippen LogP contribution < -0.4 is 11.1 Å². The lowest BCUT2D eigenvalue weighted by atomic mass is 9.95. The maximum Gasteiger partial charge on any atom is 0.225 e. The van der Waals surface area contributed by atoms with Gasteiger partial charge in [0.15, 0.2) is 0 Å². The van der Waals surface area contributed by atoms with Gasteiger partial charge in [-0.15, -0.1) is 36.2 Å². The highest BCUT2D eigenvalue weighted by molar-refractivity contribution is 7.09. The number of rotatable bonds is 6. The molecule has 2 atom stereocenters. The van der Waals surface area contributed by atoms with Gasteiger partial charge in [0.1, 0.15) is 0 Å². The van der Waals surface area contributed by atoms with Crippen LogP contribution in [0.1, 0.15) is 36.2 Å². The van der Waals surface area contributed by atoms with Crippen molar-refractivity contribution in [3.63, 3.8) is 0 Å². The normalized spacial score (nSPS) is 12.5. The molecule has 0 aliphatic rings. The van der Waals surface area contributed by atoms with Crippen molar-refractivity contribution in [1.82, 2.24) is 10.3 Å². The maximum atomic E-state index is 12.2. The fourth-order valence-corrected chi connectivity index (χ4v) is 2.80. The highest BCUT2D eigenvalue weighted by Gasteiger charge is 2.21. The Morgan fingerprint density at radius 3 is 2.52 bits per heavy atom. The molecule has 0 fully saturated rings. The molecule has 3 N–H and O–H groups in total. The largest absolute Gasteiger partial charge is 0.350 e. The van der Waals surface area contributed by atoms with E-state index in [-0.39, 0.29) is 42.7 Å². The Kier molecular flexibility index (Phi) is 10.1. The van der Waals surface area contributed by atoms with Crippen LogP contribution in [0.25, 0.3) is 0 Å². The molecule has 1 aromatic heterocycles. The molecular formula is C16H23Cl2N3OS. The highest BCUT2D eigenvalue weighted by Crippen LogP contribution is 2.19. The van der Waals surface area contributed by atoms with Gasteiger partial charge in [0, 0.05) is 11.4 Å². The van der Waals surface area contributed by atoms with Crippen LogP contribution in [0.5, 0.6) is 0 Å². The van der Waals surface area contributed by atoms with Crippen LogP contribution in [0.2, 0.25) is 0 Å². The fraction of sp³-hybridized carbons (Fsp3) is 0.375. The number of aromatic nitrogens is 1. The van der Waals surface area contributed by atoms with Crippen molar-refractivity contribution in [2.24, 2.45) is 11.7 Å². The van der Waals surface area contributed by atoms with E-state index in [1.165, 1.54) is 0 Å². The number of nitrogens with one attached hydrogen (secondary N) is 1. The molecule has 0 saturated heterocycles. The number of thiazole rings is 1. The lowest BCUT2D eigenvalue weighted by molar-refractivity contribution is -0.125. The number of hydrogen-bond donors (Lipinski definition) is 2. The molecule has 1 aromatic carbocycles. The lowest BCUT2D eigenvalue weighted by Gasteiger charge is -2.19. The molecular weight excluding hydrogens is 353 g/mol. The van der Waals surface area contributed by atoms with E-state index in [1.54, 1.807) is 11.3 Å². The number of carbonyl (C=O) groups excluding carboxylic acids is 1. The van der Waals surface area contributed by atoms with Crippen LogP contribution in [-0.2, 0) is 17.8 Å². The maximum absolute atomic E-state index is 12.2. The molecule has 0 aliphatic heterocycles. The Morgan fingerprint density at radius 1 is 1.30 bits per heavy atom. The zero-order chi connectivity index (χ0) is 15.2. The Hall–Kier alpha value is -1.14. The first-order chi connectivity index (χ1) is 10.1. The second-order valence-electron chi connectivity index (χ2n) is 5.03. The molecule has 0 bridgehead atoms. The number of carbonyl (C=O) groups is 1. The van der Waals surface area contributed by atoms with Crippen LogP contribution >= 0.6 is 36.2 Å². The molecule has 4 nitrogen and oxygen atoms in total. The monoisotopic (exact) mass is 375 g/mol. The van der Waals surface area contributed by atoms with E-state index < -0.39 is 0 Å². The van der Waals surface area contributed by atoms with Crippen molar-refractivity contribution in [1.29, 1.82) is 0 Å². The molecule has 7 heteroatoms. The molecule has 2 aromatic rings. The van der Waals surface area contributed by atoms with Crippen molar-refractivity contribution in [3.05, 3.63) is 52.0 Å². The van der Waals surface area contributed by atoms with Gasteiger partial charge >= 0.3 is 0 Å². The molecule has 1 amide bonds. The van der Waals surface area contributed by atoms with Crippen LogP contribution in [0, 0.1) is 5.92 Å². The summed E-state index contributed by atoms with van der Waals surface area (Å²) in [6.07, 6.45) is 0.925. The first kappa shape index (κ1) is 21.9. The first-order valence-corrected chi connectivity index (χ1v) is 8.01. The van der Waals surface area contributed by atoms with E-state index in [4.69, 9.17) is 5.73 Å². The Balaban J connectivity index is 0.00000242. The van der Waals surface area contributed by atoms with Gasteiger partial charge in [-0.2, -0.15) is 0 Å². The van der Waals surface area contributed by atoms with Gasteiger partial charge in [-0.25, -0.2) is 4.98 Å². The minimum absolute atomic E-state index is 0. The lowest BCUT2D eigenvalue weighted by Crippen LogP contribution is -2.35. The van der Waals surface area contributed by atoms with Crippen LogP contribution in [0.4, 0.5) is 0 Å². The first-order valence-electron chi connectivity index (χ1n) is 7.13. The minimum Gasteiger partial charge on any atom is -0.350 e. The molecule has 2 unspecified atom stereocenters. The summed E-state index contributed by atoms with van der Waals surface area (Å²) in [7, 11) is 0. The summed E-state index contributed by atoms with van der Waals surface area (Å²) in [5.41, 5.74) is 8.04. The van der Waals surface area contributed by atoms with Gasteiger partial charge in [0.2, 0.25) is 5.91 Å². The Bertz CT molecular complexity index is 592. The second-order valence-corrected chi connectivity index (χ2v) is 5.97. The molecule has 0 spiro atoms.